The molecule has 0 saturated carbocycles. The molecule has 1 aromatic rings. The number of aliphatic hydroxyl groups is 11. The number of allylic oxidation sites excluding steroid dienone is 12. The van der Waals surface area contributed by atoms with E-state index in [1.54, 1.807) is 104 Å². The Morgan fingerprint density at radius 3 is 1.76 bits per heavy atom. The number of hydrogen-bond donors (Lipinski definition) is 14. The Hall–Kier alpha value is -4.79. The topological polar surface area (TPSA) is 369 Å². The van der Waals surface area contributed by atoms with Crippen LogP contribution in [0.4, 0.5) is 5.69 Å². The van der Waals surface area contributed by atoms with Gasteiger partial charge in [0.05, 0.1) is 85.7 Å². The maximum atomic E-state index is 13.4. The highest BCUT2D eigenvalue weighted by atomic mass is 16.7. The molecular formula is C59H88N2O19. The maximum Gasteiger partial charge on any atom is 0.311 e. The zero-order valence-corrected chi connectivity index (χ0v) is 46.1. The number of cyclic esters (lactones) is 1. The van der Waals surface area contributed by atoms with Crippen molar-refractivity contribution in [3.05, 3.63) is 115 Å². The molecule has 2 fully saturated rings. The van der Waals surface area contributed by atoms with Gasteiger partial charge < -0.3 is 91.3 Å². The summed E-state index contributed by atoms with van der Waals surface area (Å²) in [7, 11) is 1.77. The van der Waals surface area contributed by atoms with Gasteiger partial charge in [0.2, 0.25) is 0 Å². The van der Waals surface area contributed by atoms with Gasteiger partial charge >= 0.3 is 11.9 Å². The molecule has 3 aliphatic rings. The van der Waals surface area contributed by atoms with Gasteiger partial charge in [-0.25, -0.2) is 0 Å². The van der Waals surface area contributed by atoms with E-state index in [-0.39, 0.29) is 62.6 Å². The largest absolute Gasteiger partial charge is 0.481 e. The Labute approximate surface area is 468 Å². The molecule has 3 aliphatic heterocycles. The predicted molar refractivity (Wildman–Crippen MR) is 296 cm³/mol. The molecule has 2 saturated heterocycles. The summed E-state index contributed by atoms with van der Waals surface area (Å²) in [6.45, 7) is 5.25. The van der Waals surface area contributed by atoms with Gasteiger partial charge in [-0.05, 0) is 82.1 Å². The van der Waals surface area contributed by atoms with E-state index in [0.29, 0.717) is 12.0 Å². The first-order valence-corrected chi connectivity index (χ1v) is 27.6. The Morgan fingerprint density at radius 1 is 0.713 bits per heavy atom. The highest BCUT2D eigenvalue weighted by Crippen LogP contribution is 2.38. The minimum absolute atomic E-state index is 0.0974. The normalized spacial score (nSPS) is 36.1. The smallest absolute Gasteiger partial charge is 0.311 e. The predicted octanol–water partition coefficient (Wildman–Crippen LogP) is 2.54. The van der Waals surface area contributed by atoms with Crippen molar-refractivity contribution in [2.75, 3.05) is 12.4 Å². The Bertz CT molecular complexity index is 2250. The molecule has 20 atom stereocenters. The van der Waals surface area contributed by atoms with Gasteiger partial charge in [-0.2, -0.15) is 0 Å². The van der Waals surface area contributed by atoms with E-state index in [1.807, 2.05) is 19.9 Å². The number of carbonyl (C=O) groups excluding carboxylic acids is 2. The molecule has 0 aromatic heterocycles. The number of carboxylic acids is 1. The van der Waals surface area contributed by atoms with E-state index in [1.165, 1.54) is 13.0 Å². The molecule has 21 heteroatoms. The van der Waals surface area contributed by atoms with Crippen LogP contribution in [-0.2, 0) is 28.5 Å². The van der Waals surface area contributed by atoms with Crippen molar-refractivity contribution in [2.24, 2.45) is 23.5 Å². The third-order valence-corrected chi connectivity index (χ3v) is 14.5. The van der Waals surface area contributed by atoms with Crippen LogP contribution in [0.2, 0.25) is 0 Å². The van der Waals surface area contributed by atoms with Gasteiger partial charge in [0.15, 0.2) is 17.9 Å². The fourth-order valence-corrected chi connectivity index (χ4v) is 10.2. The van der Waals surface area contributed by atoms with Crippen molar-refractivity contribution < 1.29 is 94.6 Å². The van der Waals surface area contributed by atoms with Crippen LogP contribution in [0.5, 0.6) is 0 Å². The molecule has 0 aliphatic carbocycles. The number of aliphatic carboxylic acids is 1. The van der Waals surface area contributed by atoms with Crippen LogP contribution in [-0.4, -0.2) is 190 Å². The lowest BCUT2D eigenvalue weighted by atomic mass is 9.82. The number of nitrogens with two attached hydrogens (primary N) is 1. The number of carbonyl (C=O) groups is 3. The van der Waals surface area contributed by atoms with Crippen molar-refractivity contribution in [2.45, 2.75) is 201 Å². The van der Waals surface area contributed by atoms with Gasteiger partial charge in [-0.3, -0.25) is 14.4 Å². The monoisotopic (exact) mass is 1130 g/mol. The van der Waals surface area contributed by atoms with Crippen molar-refractivity contribution in [1.29, 1.82) is 0 Å². The van der Waals surface area contributed by atoms with Crippen LogP contribution >= 0.6 is 0 Å². The second-order valence-corrected chi connectivity index (χ2v) is 21.6. The average molecular weight is 1130 g/mol. The molecular weight excluding hydrogens is 1040 g/mol. The fourth-order valence-electron chi connectivity index (χ4n) is 10.2. The van der Waals surface area contributed by atoms with E-state index in [2.05, 4.69) is 5.32 Å². The first-order valence-electron chi connectivity index (χ1n) is 27.6. The molecule has 0 radical (unpaired) electrons. The summed E-state index contributed by atoms with van der Waals surface area (Å²) in [6, 6.07) is 5.76. The number of anilines is 1. The number of ether oxygens (including phenoxy) is 4. The second-order valence-electron chi connectivity index (χ2n) is 21.6. The van der Waals surface area contributed by atoms with Crippen LogP contribution in [0.1, 0.15) is 108 Å². The minimum Gasteiger partial charge on any atom is -0.481 e. The SMILES string of the molecule is CNc1ccc(C(=O)CC(O)CCC(C)C2OC(=O)CC(O)CC(O)CC(O)CC(O)CC(O)CC(O)CC3(O)CC(O)C(C(=O)O)C(CC(O[C@@H]4O[C@H](C)[C@@H](O)[C@H](N)[C@@H]4O)C=CC=CC=CC=CC=CC=CC=CC2C)O3)cc1. The van der Waals surface area contributed by atoms with Crippen molar-refractivity contribution in [3.8, 4) is 0 Å². The molecule has 0 spiro atoms. The lowest BCUT2D eigenvalue weighted by molar-refractivity contribution is -0.308. The Balaban J connectivity index is 1.53. The van der Waals surface area contributed by atoms with Crippen molar-refractivity contribution in [1.82, 2.24) is 0 Å². The van der Waals surface area contributed by atoms with Crippen molar-refractivity contribution >= 4 is 23.4 Å². The number of nitrogens with one attached hydrogen (secondary N) is 1. The lowest BCUT2D eigenvalue weighted by Crippen LogP contribution is -2.61. The summed E-state index contributed by atoms with van der Waals surface area (Å²) in [5.41, 5.74) is 7.36. The third kappa shape index (κ3) is 23.2. The number of ketones is 1. The van der Waals surface area contributed by atoms with E-state index in [4.69, 9.17) is 24.7 Å². The number of fused-ring (bicyclic) bond motifs is 2. The standard InChI is InChI=1S/C59H88N2O19/c1-35-17-15-13-11-9-7-5-6-8-10-12-14-16-18-47(78-58-55(73)53(60)54(72)37(3)77-58)32-50-52(57(74)75)49(70)34-59(76,80-50)33-46(68)29-44(66)27-42(64)25-41(63)26-43(65)28-45(67)31-51(71)79-56(35)36(2)19-24-40(62)30-48(69)38-20-22-39(61-4)23-21-38/h5-18,20-23,35-37,40-47,49-50,52-56,58,61-68,70,72-73,76H,19,24-34,60H2,1-4H3,(H,74,75)/t35?,36?,37-,40?,41?,42?,43?,44?,45?,46?,47?,49?,50?,52?,53+,54-,55+,56?,58+,59?/m1/s1. The molecule has 448 valence electrons. The summed E-state index contributed by atoms with van der Waals surface area (Å²) >= 11 is 0. The van der Waals surface area contributed by atoms with Crippen LogP contribution in [0.25, 0.3) is 0 Å². The number of aliphatic hydroxyl groups excluding tert-OH is 10. The highest BCUT2D eigenvalue weighted by Gasteiger charge is 2.51. The molecule has 0 amide bonds. The number of Topliss-reactive ketones (excluding diaryl/α,β-unsaturated/α-hetero) is 1. The Morgan fingerprint density at radius 2 is 1.23 bits per heavy atom. The molecule has 15 unspecified atom stereocenters. The molecule has 4 rings (SSSR count). The summed E-state index contributed by atoms with van der Waals surface area (Å²) in [4.78, 5) is 38.8. The first-order chi connectivity index (χ1) is 37.9. The van der Waals surface area contributed by atoms with Gasteiger partial charge in [-0.15, -0.1) is 0 Å². The molecule has 3 heterocycles. The van der Waals surface area contributed by atoms with E-state index >= 15 is 0 Å². The first kappa shape index (κ1) is 67.7. The van der Waals surface area contributed by atoms with Gasteiger partial charge in [0, 0.05) is 49.9 Å². The number of benzene rings is 1. The molecule has 80 heavy (non-hydrogen) atoms. The number of hydrogen-bond acceptors (Lipinski definition) is 20. The third-order valence-electron chi connectivity index (χ3n) is 14.5. The van der Waals surface area contributed by atoms with Crippen LogP contribution in [0.3, 0.4) is 0 Å². The van der Waals surface area contributed by atoms with Crippen LogP contribution in [0, 0.1) is 17.8 Å². The molecule has 1 aromatic carbocycles. The lowest BCUT2D eigenvalue weighted by Gasteiger charge is -2.45. The average Bonchev–Trinajstić information content (AvgIpc) is 3.48. The molecule has 15 N–H and O–H groups in total. The quantitative estimate of drug-likeness (QED) is 0.112. The second kappa shape index (κ2) is 34.0. The highest BCUT2D eigenvalue weighted by molar-refractivity contribution is 5.96. The number of rotatable bonds is 11. The summed E-state index contributed by atoms with van der Waals surface area (Å²) in [6.07, 6.45) is 1.59. The van der Waals surface area contributed by atoms with Gasteiger partial charge in [0.1, 0.15) is 18.1 Å². The van der Waals surface area contributed by atoms with E-state index in [9.17, 15) is 75.7 Å². The zero-order valence-electron chi connectivity index (χ0n) is 46.1. The van der Waals surface area contributed by atoms with Gasteiger partial charge in [-0.1, -0.05) is 98.9 Å². The van der Waals surface area contributed by atoms with Crippen LogP contribution in [0.15, 0.2) is 109 Å². The van der Waals surface area contributed by atoms with E-state index < -0.39 is 147 Å². The summed E-state index contributed by atoms with van der Waals surface area (Å²) in [5.74, 6) is -7.02. The molecule has 21 nitrogen and oxygen atoms in total. The fraction of sp³-hybridized carbons (Fsp3) is 0.610. The van der Waals surface area contributed by atoms with E-state index in [0.717, 1.165) is 5.69 Å². The molecule has 2 bridgehead atoms. The number of carboxylic acid groups (broad SMARTS) is 1. The Kier molecular flexibility index (Phi) is 28.8. The van der Waals surface area contributed by atoms with Crippen molar-refractivity contribution in [3.63, 3.8) is 0 Å². The number of esters is 1. The van der Waals surface area contributed by atoms with Gasteiger partial charge in [0.25, 0.3) is 0 Å². The zero-order chi connectivity index (χ0) is 59.1. The van der Waals surface area contributed by atoms with Crippen LogP contribution < -0.4 is 11.1 Å². The minimum atomic E-state index is -2.33. The summed E-state index contributed by atoms with van der Waals surface area (Å²) < 4.78 is 23.7. The maximum absolute atomic E-state index is 13.4. The summed E-state index contributed by atoms with van der Waals surface area (Å²) in [5, 5.41) is 133.